The van der Waals surface area contributed by atoms with E-state index in [1.807, 2.05) is 0 Å². The maximum atomic E-state index is 11.4. The number of carbonyl (C=O) groups is 1. The number of carbonyl (C=O) groups excluding carboxylic acids is 1. The summed E-state index contributed by atoms with van der Waals surface area (Å²) in [4.78, 5) is 13.7. The van der Waals surface area contributed by atoms with Gasteiger partial charge < -0.3 is 16.0 Å². The molecule has 0 fully saturated rings. The fourth-order valence-electron chi connectivity index (χ4n) is 1.49. The summed E-state index contributed by atoms with van der Waals surface area (Å²) in [6, 6.07) is 0.598. The van der Waals surface area contributed by atoms with E-state index in [9.17, 15) is 4.79 Å². The number of rotatable bonds is 10. The summed E-state index contributed by atoms with van der Waals surface area (Å²) in [5, 5.41) is 2.95. The summed E-state index contributed by atoms with van der Waals surface area (Å²) < 4.78 is 0. The van der Waals surface area contributed by atoms with Crippen LogP contribution in [0.4, 0.5) is 0 Å². The van der Waals surface area contributed by atoms with Gasteiger partial charge in [-0.1, -0.05) is 0 Å². The van der Waals surface area contributed by atoms with Crippen LogP contribution in [0, 0.1) is 0 Å². The second-order valence-electron chi connectivity index (χ2n) is 4.88. The van der Waals surface area contributed by atoms with Crippen LogP contribution in [0.3, 0.4) is 0 Å². The van der Waals surface area contributed by atoms with Crippen molar-refractivity contribution in [2.45, 2.75) is 52.0 Å². The highest BCUT2D eigenvalue weighted by molar-refractivity contribution is 5.75. The van der Waals surface area contributed by atoms with Gasteiger partial charge in [-0.25, -0.2) is 0 Å². The Morgan fingerprint density at radius 1 is 1.24 bits per heavy atom. The summed E-state index contributed by atoms with van der Waals surface area (Å²) in [7, 11) is 2.13. The van der Waals surface area contributed by atoms with Crippen molar-refractivity contribution >= 4 is 5.91 Å². The lowest BCUT2D eigenvalue weighted by atomic mass is 10.2. The van der Waals surface area contributed by atoms with Gasteiger partial charge >= 0.3 is 0 Å². The quantitative estimate of drug-likeness (QED) is 0.569. The first kappa shape index (κ1) is 16.4. The highest BCUT2D eigenvalue weighted by Gasteiger charge is 2.03. The number of nitrogens with zero attached hydrogens (tertiary/aromatic N) is 1. The number of unbranched alkanes of at least 4 members (excludes halogenated alkanes) is 2. The minimum absolute atomic E-state index is 0.163. The molecular formula is C13H29N3O. The monoisotopic (exact) mass is 243 g/mol. The van der Waals surface area contributed by atoms with Crippen LogP contribution in [0.15, 0.2) is 0 Å². The van der Waals surface area contributed by atoms with E-state index in [1.165, 1.54) is 0 Å². The van der Waals surface area contributed by atoms with Crippen molar-refractivity contribution in [3.05, 3.63) is 0 Å². The lowest BCUT2D eigenvalue weighted by Gasteiger charge is -2.20. The van der Waals surface area contributed by atoms with E-state index in [-0.39, 0.29) is 5.91 Å². The average Bonchev–Trinajstić information content (AvgIpc) is 2.28. The summed E-state index contributed by atoms with van der Waals surface area (Å²) in [5.41, 5.74) is 5.37. The molecule has 0 aliphatic heterocycles. The van der Waals surface area contributed by atoms with Crippen LogP contribution in [0.5, 0.6) is 0 Å². The van der Waals surface area contributed by atoms with Gasteiger partial charge in [0, 0.05) is 19.0 Å². The Hall–Kier alpha value is -0.610. The van der Waals surface area contributed by atoms with Crippen LogP contribution in [0.2, 0.25) is 0 Å². The molecule has 0 unspecified atom stereocenters. The Balaban J connectivity index is 3.30. The number of hydrogen-bond acceptors (Lipinski definition) is 3. The molecule has 4 nitrogen and oxygen atoms in total. The zero-order valence-electron chi connectivity index (χ0n) is 11.7. The molecule has 0 aromatic rings. The molecule has 0 atom stereocenters. The van der Waals surface area contributed by atoms with Crippen LogP contribution in [0.25, 0.3) is 0 Å². The molecule has 0 aromatic carbocycles. The first-order chi connectivity index (χ1) is 8.07. The second kappa shape index (κ2) is 10.5. The zero-order valence-corrected chi connectivity index (χ0v) is 11.7. The molecule has 3 N–H and O–H groups in total. The van der Waals surface area contributed by atoms with Gasteiger partial charge in [0.25, 0.3) is 0 Å². The largest absolute Gasteiger partial charge is 0.356 e. The van der Waals surface area contributed by atoms with E-state index in [0.29, 0.717) is 19.0 Å². The van der Waals surface area contributed by atoms with Crippen molar-refractivity contribution in [3.63, 3.8) is 0 Å². The van der Waals surface area contributed by atoms with E-state index >= 15 is 0 Å². The van der Waals surface area contributed by atoms with Gasteiger partial charge in [-0.2, -0.15) is 0 Å². The van der Waals surface area contributed by atoms with E-state index in [1.54, 1.807) is 0 Å². The Morgan fingerprint density at radius 2 is 1.94 bits per heavy atom. The number of amides is 1. The average molecular weight is 243 g/mol. The molecule has 0 saturated carbocycles. The van der Waals surface area contributed by atoms with E-state index in [0.717, 1.165) is 38.8 Å². The normalized spacial score (nSPS) is 11.2. The fraction of sp³-hybridized carbons (Fsp3) is 0.923. The Kier molecular flexibility index (Phi) is 10.2. The molecule has 4 heteroatoms. The smallest absolute Gasteiger partial charge is 0.219 e. The number of hydrogen-bond donors (Lipinski definition) is 2. The van der Waals surface area contributed by atoms with Crippen LogP contribution in [-0.4, -0.2) is 43.5 Å². The summed E-state index contributed by atoms with van der Waals surface area (Å²) in [6.07, 6.45) is 4.64. The second-order valence-corrected chi connectivity index (χ2v) is 4.88. The highest BCUT2D eigenvalue weighted by atomic mass is 16.1. The van der Waals surface area contributed by atoms with E-state index in [4.69, 9.17) is 5.73 Å². The third-order valence-electron chi connectivity index (χ3n) is 3.00. The van der Waals surface area contributed by atoms with Crippen molar-refractivity contribution in [1.29, 1.82) is 0 Å². The summed E-state index contributed by atoms with van der Waals surface area (Å²) in [5.74, 6) is 0.163. The molecule has 17 heavy (non-hydrogen) atoms. The topological polar surface area (TPSA) is 58.4 Å². The molecule has 0 saturated heterocycles. The molecule has 0 aliphatic rings. The fourth-order valence-corrected chi connectivity index (χ4v) is 1.49. The Morgan fingerprint density at radius 3 is 2.53 bits per heavy atom. The molecule has 1 amide bonds. The van der Waals surface area contributed by atoms with Gasteiger partial charge in [-0.15, -0.1) is 0 Å². The lowest BCUT2D eigenvalue weighted by Crippen LogP contribution is -2.29. The third-order valence-corrected chi connectivity index (χ3v) is 3.00. The summed E-state index contributed by atoms with van der Waals surface area (Å²) >= 11 is 0. The predicted octanol–water partition coefficient (Wildman–Crippen LogP) is 1.35. The van der Waals surface area contributed by atoms with Crippen LogP contribution < -0.4 is 11.1 Å². The van der Waals surface area contributed by atoms with E-state index in [2.05, 4.69) is 31.1 Å². The molecule has 0 spiro atoms. The third kappa shape index (κ3) is 10.3. The molecule has 0 rings (SSSR count). The first-order valence-corrected chi connectivity index (χ1v) is 6.75. The standard InChI is InChI=1S/C13H29N3O/c1-12(2)16(3)11-7-6-10-15-13(17)8-4-5-9-14/h12H,4-11,14H2,1-3H3,(H,15,17). The SMILES string of the molecule is CC(C)N(C)CCCCNC(=O)CCCCN. The molecule has 0 aromatic heterocycles. The maximum Gasteiger partial charge on any atom is 0.219 e. The van der Waals surface area contributed by atoms with Gasteiger partial charge in [0.05, 0.1) is 0 Å². The van der Waals surface area contributed by atoms with E-state index < -0.39 is 0 Å². The Labute approximate surface area is 106 Å². The Bertz CT molecular complexity index is 195. The molecule has 102 valence electrons. The molecule has 0 heterocycles. The van der Waals surface area contributed by atoms with Crippen molar-refractivity contribution in [3.8, 4) is 0 Å². The van der Waals surface area contributed by atoms with Crippen LogP contribution in [-0.2, 0) is 4.79 Å². The number of nitrogens with two attached hydrogens (primary N) is 1. The number of nitrogens with one attached hydrogen (secondary N) is 1. The lowest BCUT2D eigenvalue weighted by molar-refractivity contribution is -0.121. The minimum Gasteiger partial charge on any atom is -0.356 e. The van der Waals surface area contributed by atoms with Gasteiger partial charge in [-0.3, -0.25) is 4.79 Å². The minimum atomic E-state index is 0.163. The predicted molar refractivity (Wildman–Crippen MR) is 72.9 cm³/mol. The maximum absolute atomic E-state index is 11.4. The van der Waals surface area contributed by atoms with Gasteiger partial charge in [0.2, 0.25) is 5.91 Å². The van der Waals surface area contributed by atoms with Crippen LogP contribution in [0.1, 0.15) is 46.0 Å². The van der Waals surface area contributed by atoms with Gasteiger partial charge in [0.1, 0.15) is 0 Å². The van der Waals surface area contributed by atoms with Crippen LogP contribution >= 0.6 is 0 Å². The van der Waals surface area contributed by atoms with Crippen molar-refractivity contribution in [2.24, 2.45) is 5.73 Å². The summed E-state index contributed by atoms with van der Waals surface area (Å²) in [6.45, 7) is 6.96. The zero-order chi connectivity index (χ0) is 13.1. The molecular weight excluding hydrogens is 214 g/mol. The van der Waals surface area contributed by atoms with Crippen molar-refractivity contribution < 1.29 is 4.79 Å². The van der Waals surface area contributed by atoms with Gasteiger partial charge in [-0.05, 0) is 59.7 Å². The highest BCUT2D eigenvalue weighted by Crippen LogP contribution is 1.98. The van der Waals surface area contributed by atoms with Crippen molar-refractivity contribution in [1.82, 2.24) is 10.2 Å². The molecule has 0 radical (unpaired) electrons. The van der Waals surface area contributed by atoms with Crippen molar-refractivity contribution in [2.75, 3.05) is 26.7 Å². The van der Waals surface area contributed by atoms with Gasteiger partial charge in [0.15, 0.2) is 0 Å². The first-order valence-electron chi connectivity index (χ1n) is 6.75. The molecule has 0 aliphatic carbocycles. The molecule has 0 bridgehead atoms.